The number of amides is 3. The molecule has 3 amide bonds. The van der Waals surface area contributed by atoms with Crippen molar-refractivity contribution in [1.82, 2.24) is 24.7 Å². The number of halogens is 3. The molecule has 3 aromatic rings. The SMILES string of the molecule is CC(C)(C)OC(=O)N1CC(F)C(CN(C(=O)CO)C(c2nc(-c3cc(F)ccc3F)cn2Cc2ccccc2)C(C)(C)CC(=O)NCCOCCOCCOCCN)C1. The number of carbonyl (C=O) groups is 3. The molecule has 1 aliphatic heterocycles. The van der Waals surface area contributed by atoms with Crippen LogP contribution in [-0.2, 0) is 35.1 Å². The zero-order valence-corrected chi connectivity index (χ0v) is 34.6. The van der Waals surface area contributed by atoms with E-state index in [1.165, 1.54) is 16.0 Å². The molecule has 1 aliphatic rings. The molecule has 0 radical (unpaired) electrons. The summed E-state index contributed by atoms with van der Waals surface area (Å²) in [6, 6.07) is 11.1. The number of rotatable bonds is 22. The average Bonchev–Trinajstić information content (AvgIpc) is 3.76. The third kappa shape index (κ3) is 14.3. The highest BCUT2D eigenvalue weighted by Gasteiger charge is 2.46. The van der Waals surface area contributed by atoms with Crippen LogP contribution >= 0.6 is 0 Å². The number of benzene rings is 2. The van der Waals surface area contributed by atoms with Crippen LogP contribution in [0.1, 0.15) is 58.5 Å². The Balaban J connectivity index is 1.67. The Morgan fingerprint density at radius 1 is 0.966 bits per heavy atom. The van der Waals surface area contributed by atoms with Crippen LogP contribution in [0.5, 0.6) is 0 Å². The van der Waals surface area contributed by atoms with Gasteiger partial charge in [-0.25, -0.2) is 22.9 Å². The van der Waals surface area contributed by atoms with Crippen LogP contribution < -0.4 is 11.1 Å². The van der Waals surface area contributed by atoms with Crippen molar-refractivity contribution >= 4 is 17.9 Å². The number of alkyl halides is 1. The molecule has 0 spiro atoms. The van der Waals surface area contributed by atoms with E-state index in [4.69, 9.17) is 29.7 Å². The molecule has 0 saturated carbocycles. The van der Waals surface area contributed by atoms with Gasteiger partial charge in [-0.1, -0.05) is 44.2 Å². The smallest absolute Gasteiger partial charge is 0.410 e. The molecule has 0 aliphatic carbocycles. The number of aliphatic hydroxyl groups is 1. The largest absolute Gasteiger partial charge is 0.444 e. The number of carbonyl (C=O) groups excluding carboxylic acids is 3. The molecule has 0 bridgehead atoms. The zero-order valence-electron chi connectivity index (χ0n) is 34.6. The standard InChI is InChI=1S/C42H59F3N6O8/c1-41(2,3)59-40(55)50-24-30(34(45)26-50)25-51(37(54)28-52)38(42(4,5)22-36(53)47-14-16-57-18-20-58-19-17-56-15-13-46)39-48-35(32-21-31(43)11-12-33(32)44)27-49(39)23-29-9-7-6-8-10-29/h6-12,21,27,30,34,38,52H,13-20,22-26,28,46H2,1-5H3,(H,47,53). The van der Waals surface area contributed by atoms with Gasteiger partial charge >= 0.3 is 6.09 Å². The molecule has 1 fully saturated rings. The molecule has 3 unspecified atom stereocenters. The van der Waals surface area contributed by atoms with Gasteiger partial charge in [0.1, 0.15) is 35.8 Å². The first-order chi connectivity index (χ1) is 28.0. The number of hydrogen-bond acceptors (Lipinski definition) is 10. The summed E-state index contributed by atoms with van der Waals surface area (Å²) in [7, 11) is 0. The molecule has 1 aromatic heterocycles. The van der Waals surface area contributed by atoms with E-state index in [1.54, 1.807) is 39.2 Å². The third-order valence-corrected chi connectivity index (χ3v) is 9.59. The van der Waals surface area contributed by atoms with Gasteiger partial charge in [0.2, 0.25) is 11.8 Å². The zero-order chi connectivity index (χ0) is 43.2. The molecule has 59 heavy (non-hydrogen) atoms. The number of hydrogen-bond donors (Lipinski definition) is 3. The molecule has 2 heterocycles. The van der Waals surface area contributed by atoms with Crippen molar-refractivity contribution in [3.63, 3.8) is 0 Å². The number of nitrogens with two attached hydrogens (primary N) is 1. The van der Waals surface area contributed by atoms with E-state index in [2.05, 4.69) is 5.32 Å². The van der Waals surface area contributed by atoms with E-state index in [0.29, 0.717) is 39.6 Å². The molecule has 4 rings (SSSR count). The summed E-state index contributed by atoms with van der Waals surface area (Å²) < 4.78 is 69.2. The van der Waals surface area contributed by atoms with Gasteiger partial charge in [0.25, 0.3) is 0 Å². The normalized spacial score (nSPS) is 16.3. The molecule has 4 N–H and O–H groups in total. The average molecular weight is 833 g/mol. The van der Waals surface area contributed by atoms with Gasteiger partial charge in [0, 0.05) is 62.2 Å². The third-order valence-electron chi connectivity index (χ3n) is 9.59. The minimum absolute atomic E-state index is 0.0547. The van der Waals surface area contributed by atoms with E-state index in [-0.39, 0.29) is 62.8 Å². The Bertz CT molecular complexity index is 1810. The first-order valence-electron chi connectivity index (χ1n) is 19.8. The summed E-state index contributed by atoms with van der Waals surface area (Å²) in [5.74, 6) is -3.35. The Labute approximate surface area is 344 Å². The number of nitrogens with one attached hydrogen (secondary N) is 1. The highest BCUT2D eigenvalue weighted by atomic mass is 19.1. The maximum atomic E-state index is 15.9. The molecule has 17 heteroatoms. The molecule has 2 aromatic carbocycles. The Kier molecular flexibility index (Phi) is 17.7. The summed E-state index contributed by atoms with van der Waals surface area (Å²) >= 11 is 0. The lowest BCUT2D eigenvalue weighted by Gasteiger charge is -2.42. The van der Waals surface area contributed by atoms with Gasteiger partial charge in [-0.05, 0) is 44.5 Å². The van der Waals surface area contributed by atoms with Crippen molar-refractivity contribution in [3.8, 4) is 11.3 Å². The minimum atomic E-state index is -1.57. The van der Waals surface area contributed by atoms with E-state index >= 15 is 8.78 Å². The minimum Gasteiger partial charge on any atom is -0.444 e. The number of aromatic nitrogens is 2. The van der Waals surface area contributed by atoms with Crippen molar-refractivity contribution in [2.24, 2.45) is 17.1 Å². The number of ether oxygens (including phenoxy) is 4. The van der Waals surface area contributed by atoms with Crippen molar-refractivity contribution in [3.05, 3.63) is 77.8 Å². The van der Waals surface area contributed by atoms with Crippen molar-refractivity contribution < 1.29 is 51.6 Å². The molecular weight excluding hydrogens is 773 g/mol. The Morgan fingerprint density at radius 2 is 1.63 bits per heavy atom. The number of aliphatic hydroxyl groups excluding tert-OH is 1. The second-order valence-corrected chi connectivity index (χ2v) is 16.1. The molecule has 326 valence electrons. The Morgan fingerprint density at radius 3 is 2.27 bits per heavy atom. The van der Waals surface area contributed by atoms with E-state index < -0.39 is 65.3 Å². The van der Waals surface area contributed by atoms with Crippen LogP contribution in [-0.4, -0.2) is 133 Å². The summed E-state index contributed by atoms with van der Waals surface area (Å²) in [6.07, 6.45) is -0.925. The van der Waals surface area contributed by atoms with Gasteiger partial charge < -0.3 is 49.5 Å². The molecule has 3 atom stereocenters. The van der Waals surface area contributed by atoms with E-state index in [0.717, 1.165) is 23.8 Å². The number of likely N-dealkylation sites (tertiary alicyclic amines) is 1. The summed E-state index contributed by atoms with van der Waals surface area (Å²) in [6.45, 7) is 9.77. The highest BCUT2D eigenvalue weighted by molar-refractivity contribution is 5.79. The molecule has 1 saturated heterocycles. The number of nitrogens with zero attached hydrogens (tertiary/aromatic N) is 4. The van der Waals surface area contributed by atoms with Gasteiger partial charge in [0.15, 0.2) is 0 Å². The van der Waals surface area contributed by atoms with Crippen LogP contribution in [0.4, 0.5) is 18.0 Å². The lowest BCUT2D eigenvalue weighted by atomic mass is 9.78. The number of imidazole rings is 1. The Hall–Kier alpha value is -4.55. The van der Waals surface area contributed by atoms with Gasteiger partial charge in [-0.2, -0.15) is 0 Å². The predicted molar refractivity (Wildman–Crippen MR) is 214 cm³/mol. The van der Waals surface area contributed by atoms with Gasteiger partial charge in [0.05, 0.1) is 57.9 Å². The summed E-state index contributed by atoms with van der Waals surface area (Å²) in [4.78, 5) is 47.9. The maximum absolute atomic E-state index is 15.9. The van der Waals surface area contributed by atoms with Crippen LogP contribution in [0.25, 0.3) is 11.3 Å². The highest BCUT2D eigenvalue weighted by Crippen LogP contribution is 2.43. The predicted octanol–water partition coefficient (Wildman–Crippen LogP) is 4.48. The lowest BCUT2D eigenvalue weighted by molar-refractivity contribution is -0.142. The second-order valence-electron chi connectivity index (χ2n) is 16.1. The van der Waals surface area contributed by atoms with Crippen LogP contribution in [0.15, 0.2) is 54.7 Å². The first kappa shape index (κ1) is 47.1. The molecule has 14 nitrogen and oxygen atoms in total. The fourth-order valence-corrected chi connectivity index (χ4v) is 6.92. The van der Waals surface area contributed by atoms with Crippen LogP contribution in [0.3, 0.4) is 0 Å². The van der Waals surface area contributed by atoms with Gasteiger partial charge in [-0.15, -0.1) is 0 Å². The first-order valence-corrected chi connectivity index (χ1v) is 19.8. The summed E-state index contributed by atoms with van der Waals surface area (Å²) in [5, 5.41) is 13.2. The van der Waals surface area contributed by atoms with Crippen LogP contribution in [0.2, 0.25) is 0 Å². The lowest BCUT2D eigenvalue weighted by Crippen LogP contribution is -2.49. The van der Waals surface area contributed by atoms with Crippen LogP contribution in [0, 0.1) is 23.0 Å². The quantitative estimate of drug-likeness (QED) is 0.123. The second kappa shape index (κ2) is 22.2. The molecular formula is C42H59F3N6O8. The van der Waals surface area contributed by atoms with E-state index in [1.807, 2.05) is 30.3 Å². The van der Waals surface area contributed by atoms with Crippen molar-refractivity contribution in [1.29, 1.82) is 0 Å². The van der Waals surface area contributed by atoms with Crippen molar-refractivity contribution in [2.45, 2.75) is 65.4 Å². The van der Waals surface area contributed by atoms with Crippen molar-refractivity contribution in [2.75, 3.05) is 79.0 Å². The maximum Gasteiger partial charge on any atom is 0.410 e. The monoisotopic (exact) mass is 832 g/mol. The van der Waals surface area contributed by atoms with E-state index in [9.17, 15) is 23.9 Å². The fourth-order valence-electron chi connectivity index (χ4n) is 6.92. The summed E-state index contributed by atoms with van der Waals surface area (Å²) in [5.41, 5.74) is 4.10. The van der Waals surface area contributed by atoms with Gasteiger partial charge in [-0.3, -0.25) is 9.59 Å². The topological polar surface area (TPSA) is 171 Å². The fraction of sp³-hybridized carbons (Fsp3) is 0.571.